The summed E-state index contributed by atoms with van der Waals surface area (Å²) in [6.07, 6.45) is 2.45. The molecule has 3 heterocycles. The number of rotatable bonds is 3. The summed E-state index contributed by atoms with van der Waals surface area (Å²) in [5.74, 6) is -1.96. The van der Waals surface area contributed by atoms with Crippen LogP contribution in [0, 0.1) is 13.8 Å². The van der Waals surface area contributed by atoms with Gasteiger partial charge in [-0.15, -0.1) is 0 Å². The average molecular weight is 351 g/mol. The lowest BCUT2D eigenvalue weighted by atomic mass is 10.0. The summed E-state index contributed by atoms with van der Waals surface area (Å²) in [5.41, 5.74) is 6.05. The van der Waals surface area contributed by atoms with E-state index in [1.807, 2.05) is 6.92 Å². The zero-order chi connectivity index (χ0) is 18.5. The lowest BCUT2D eigenvalue weighted by Crippen LogP contribution is -2.33. The first kappa shape index (κ1) is 17.2. The molecule has 2 N–H and O–H groups in total. The van der Waals surface area contributed by atoms with Gasteiger partial charge in [0.1, 0.15) is 0 Å². The van der Waals surface area contributed by atoms with E-state index in [4.69, 9.17) is 0 Å². The highest BCUT2D eigenvalue weighted by atomic mass is 16.5. The molecule has 1 aliphatic rings. The van der Waals surface area contributed by atoms with Crippen molar-refractivity contribution in [2.45, 2.75) is 39.1 Å². The molecule has 0 spiro atoms. The van der Waals surface area contributed by atoms with E-state index >= 15 is 0 Å². The van der Waals surface area contributed by atoms with Gasteiger partial charge in [0.15, 0.2) is 0 Å². The van der Waals surface area contributed by atoms with Gasteiger partial charge in [-0.25, -0.2) is 0 Å². The number of aryl methyl sites for hydroxylation is 2. The number of hydrogen-bond donors (Lipinski definition) is 2. The summed E-state index contributed by atoms with van der Waals surface area (Å²) in [5, 5.41) is 22.8. The van der Waals surface area contributed by atoms with Crippen molar-refractivity contribution in [3.8, 4) is 0 Å². The second-order valence-electron chi connectivity index (χ2n) is 7.52. The van der Waals surface area contributed by atoms with Gasteiger partial charge < -0.3 is 19.7 Å². The third kappa shape index (κ3) is 2.92. The van der Waals surface area contributed by atoms with Crippen molar-refractivity contribution in [2.75, 3.05) is 13.6 Å². The van der Waals surface area contributed by atoms with Crippen molar-refractivity contribution in [1.29, 1.82) is 0 Å². The molecule has 26 heavy (non-hydrogen) atoms. The third-order valence-electron chi connectivity index (χ3n) is 5.35. The van der Waals surface area contributed by atoms with Crippen LogP contribution in [0.2, 0.25) is 0 Å². The molecule has 4 rings (SSSR count). The second-order valence-corrected chi connectivity index (χ2v) is 7.52. The van der Waals surface area contributed by atoms with E-state index in [0.29, 0.717) is 5.56 Å². The maximum absolute atomic E-state index is 10.8. The van der Waals surface area contributed by atoms with Crippen molar-refractivity contribution in [2.24, 2.45) is 0 Å². The Hall–Kier alpha value is -2.21. The molecule has 1 aromatic carbocycles. The molecule has 0 amide bonds. The highest BCUT2D eigenvalue weighted by Gasteiger charge is 2.31. The van der Waals surface area contributed by atoms with Gasteiger partial charge in [0.25, 0.3) is 0 Å². The molecule has 5 nitrogen and oxygen atoms in total. The zero-order valence-corrected chi connectivity index (χ0v) is 15.5. The van der Waals surface area contributed by atoms with Crippen LogP contribution in [0.25, 0.3) is 10.9 Å². The highest BCUT2D eigenvalue weighted by molar-refractivity contribution is 5.86. The van der Waals surface area contributed by atoms with E-state index < -0.39 is 5.79 Å². The molecule has 0 bridgehead atoms. The first-order chi connectivity index (χ1) is 12.3. The summed E-state index contributed by atoms with van der Waals surface area (Å²) in [6.45, 7) is 5.93. The summed E-state index contributed by atoms with van der Waals surface area (Å²) in [7, 11) is 2.13. The van der Waals surface area contributed by atoms with Crippen LogP contribution in [0.15, 0.2) is 36.5 Å². The Balaban J connectivity index is 1.82. The minimum absolute atomic E-state index is 0.0936. The Morgan fingerprint density at radius 1 is 1.15 bits per heavy atom. The molecule has 0 unspecified atom stereocenters. The van der Waals surface area contributed by atoms with Crippen LogP contribution in [0.4, 0.5) is 0 Å². The quantitative estimate of drug-likeness (QED) is 0.712. The normalized spacial score (nSPS) is 15.4. The van der Waals surface area contributed by atoms with E-state index in [1.165, 1.54) is 22.2 Å². The largest absolute Gasteiger partial charge is 0.361 e. The number of likely N-dealkylation sites (N-methyl/N-ethyl adjacent to an activating group) is 1. The van der Waals surface area contributed by atoms with Crippen LogP contribution in [-0.4, -0.2) is 38.3 Å². The van der Waals surface area contributed by atoms with Crippen LogP contribution in [0.3, 0.4) is 0 Å². The van der Waals surface area contributed by atoms with Gasteiger partial charge in [-0.2, -0.15) is 0 Å². The Morgan fingerprint density at radius 3 is 2.69 bits per heavy atom. The van der Waals surface area contributed by atoms with Crippen LogP contribution in [0.5, 0.6) is 0 Å². The minimum Gasteiger partial charge on any atom is -0.361 e. The zero-order valence-electron chi connectivity index (χ0n) is 15.5. The Bertz CT molecular complexity index is 958. The molecular formula is C21H25N3O2. The summed E-state index contributed by atoms with van der Waals surface area (Å²) < 4.78 is 2.08. The van der Waals surface area contributed by atoms with Crippen molar-refractivity contribution in [1.82, 2.24) is 14.5 Å². The fourth-order valence-electron chi connectivity index (χ4n) is 3.90. The fourth-order valence-corrected chi connectivity index (χ4v) is 3.90. The van der Waals surface area contributed by atoms with Gasteiger partial charge in [0.2, 0.25) is 5.79 Å². The van der Waals surface area contributed by atoms with E-state index in [-0.39, 0.29) is 6.54 Å². The average Bonchev–Trinajstić information content (AvgIpc) is 2.87. The molecule has 0 atom stereocenters. The molecule has 136 valence electrons. The Kier molecular flexibility index (Phi) is 4.10. The van der Waals surface area contributed by atoms with Crippen LogP contribution < -0.4 is 0 Å². The summed E-state index contributed by atoms with van der Waals surface area (Å²) in [4.78, 5) is 6.52. The molecule has 0 aliphatic carbocycles. The number of aromatic nitrogens is 2. The summed E-state index contributed by atoms with van der Waals surface area (Å²) >= 11 is 0. The van der Waals surface area contributed by atoms with Crippen molar-refractivity contribution >= 4 is 10.9 Å². The predicted molar refractivity (Wildman–Crippen MR) is 102 cm³/mol. The van der Waals surface area contributed by atoms with Gasteiger partial charge in [-0.1, -0.05) is 17.7 Å². The van der Waals surface area contributed by atoms with Crippen LogP contribution in [-0.2, 0) is 25.3 Å². The minimum atomic E-state index is -1.96. The number of hydrogen-bond acceptors (Lipinski definition) is 4. The molecule has 5 heteroatoms. The lowest BCUT2D eigenvalue weighted by molar-refractivity contribution is -0.179. The van der Waals surface area contributed by atoms with Gasteiger partial charge in [0, 0.05) is 53.6 Å². The second kappa shape index (κ2) is 6.20. The maximum atomic E-state index is 10.8. The first-order valence-corrected chi connectivity index (χ1v) is 9.02. The molecule has 3 aromatic rings. The van der Waals surface area contributed by atoms with Crippen LogP contribution in [0.1, 0.15) is 28.1 Å². The molecule has 0 fully saturated rings. The van der Waals surface area contributed by atoms with E-state index in [1.54, 1.807) is 18.3 Å². The highest BCUT2D eigenvalue weighted by Crippen LogP contribution is 2.33. The lowest BCUT2D eigenvalue weighted by Gasteiger charge is -2.27. The van der Waals surface area contributed by atoms with Gasteiger partial charge in [-0.3, -0.25) is 4.98 Å². The molecule has 1 aliphatic heterocycles. The molecule has 2 aromatic heterocycles. The van der Waals surface area contributed by atoms with E-state index in [9.17, 15) is 10.2 Å². The fraction of sp³-hybridized carbons (Fsp3) is 0.381. The van der Waals surface area contributed by atoms with Gasteiger partial charge in [0.05, 0.1) is 6.54 Å². The topological polar surface area (TPSA) is 61.5 Å². The van der Waals surface area contributed by atoms with Crippen molar-refractivity contribution < 1.29 is 10.2 Å². The molecule has 0 saturated heterocycles. The standard InChI is InChI=1S/C21H25N3O2/c1-14-4-7-19-17(10-14)18-12-23(3)9-8-20(18)24(19)13-21(25,26)16-6-5-15(2)22-11-16/h4-7,10-11,25-26H,8-9,12-13H2,1-3H3. The van der Waals surface area contributed by atoms with Crippen molar-refractivity contribution in [3.05, 3.63) is 64.6 Å². The van der Waals surface area contributed by atoms with Crippen LogP contribution >= 0.6 is 0 Å². The SMILES string of the molecule is Cc1ccc2c(c1)c1c(n2CC(O)(O)c2ccc(C)nc2)CCN(C)C1. The monoisotopic (exact) mass is 351 g/mol. The number of nitrogens with zero attached hydrogens (tertiary/aromatic N) is 3. The number of aliphatic hydroxyl groups is 2. The molecule has 0 saturated carbocycles. The summed E-state index contributed by atoms with van der Waals surface area (Å²) in [6, 6.07) is 9.91. The predicted octanol–water partition coefficient (Wildman–Crippen LogP) is 2.48. The van der Waals surface area contributed by atoms with Crippen molar-refractivity contribution in [3.63, 3.8) is 0 Å². The van der Waals surface area contributed by atoms with Gasteiger partial charge >= 0.3 is 0 Å². The Labute approximate surface area is 153 Å². The smallest absolute Gasteiger partial charge is 0.209 e. The van der Waals surface area contributed by atoms with E-state index in [2.05, 4.69) is 46.6 Å². The number of fused-ring (bicyclic) bond motifs is 3. The molecule has 0 radical (unpaired) electrons. The van der Waals surface area contributed by atoms with E-state index in [0.717, 1.165) is 30.7 Å². The Morgan fingerprint density at radius 2 is 1.96 bits per heavy atom. The maximum Gasteiger partial charge on any atom is 0.209 e. The molecular weight excluding hydrogens is 326 g/mol. The number of pyridine rings is 1. The first-order valence-electron chi connectivity index (χ1n) is 9.02. The third-order valence-corrected chi connectivity index (χ3v) is 5.35. The van der Waals surface area contributed by atoms with Gasteiger partial charge in [-0.05, 0) is 44.7 Å². The number of benzene rings is 1.